The molecule has 0 amide bonds. The second-order valence-electron chi connectivity index (χ2n) is 6.18. The number of hydrogen-bond donors (Lipinski definition) is 2. The molecular weight excluding hydrogens is 398 g/mol. The molecular formula is C20H15NO5S2. The maximum atomic E-state index is 12.8. The van der Waals surface area contributed by atoms with Crippen LogP contribution in [0.25, 0.3) is 21.6 Å². The van der Waals surface area contributed by atoms with Gasteiger partial charge in [-0.2, -0.15) is 0 Å². The Labute approximate surface area is 165 Å². The van der Waals surface area contributed by atoms with Gasteiger partial charge in [-0.3, -0.25) is 4.72 Å². The fourth-order valence-corrected chi connectivity index (χ4v) is 5.19. The molecule has 0 bridgehead atoms. The second kappa shape index (κ2) is 6.81. The molecule has 4 aromatic rings. The van der Waals surface area contributed by atoms with Crippen molar-refractivity contribution in [2.45, 2.75) is 11.8 Å². The van der Waals surface area contributed by atoms with Crippen molar-refractivity contribution in [1.82, 2.24) is 0 Å². The number of benzene rings is 2. The standard InChI is InChI=1S/C20H15NO5S2/c1-12-6-2-5-9-18(12)28(24,25)21-14-11-17(27-19(14)20(22)23)16-10-13-7-3-4-8-15(13)26-16/h2-11,21H,1H3,(H,22,23). The summed E-state index contributed by atoms with van der Waals surface area (Å²) in [5.74, 6) is -0.732. The maximum Gasteiger partial charge on any atom is 0.348 e. The fraction of sp³-hybridized carbons (Fsp3) is 0.0500. The molecule has 0 saturated carbocycles. The summed E-state index contributed by atoms with van der Waals surface area (Å²) in [6.45, 7) is 1.68. The first-order valence-electron chi connectivity index (χ1n) is 8.30. The van der Waals surface area contributed by atoms with Crippen molar-refractivity contribution in [3.8, 4) is 10.6 Å². The van der Waals surface area contributed by atoms with Crippen molar-refractivity contribution in [2.24, 2.45) is 0 Å². The van der Waals surface area contributed by atoms with Gasteiger partial charge >= 0.3 is 5.97 Å². The molecule has 142 valence electrons. The molecule has 2 aromatic carbocycles. The Morgan fingerprint density at radius 1 is 1.07 bits per heavy atom. The lowest BCUT2D eigenvalue weighted by molar-refractivity contribution is 0.0703. The summed E-state index contributed by atoms with van der Waals surface area (Å²) in [5, 5.41) is 10.4. The lowest BCUT2D eigenvalue weighted by atomic mass is 10.2. The fourth-order valence-electron chi connectivity index (χ4n) is 2.91. The third-order valence-corrected chi connectivity index (χ3v) is 6.89. The number of furan rings is 1. The van der Waals surface area contributed by atoms with Gasteiger partial charge in [0.1, 0.15) is 16.2 Å². The topological polar surface area (TPSA) is 96.6 Å². The van der Waals surface area contributed by atoms with Crippen LogP contribution >= 0.6 is 11.3 Å². The van der Waals surface area contributed by atoms with Gasteiger partial charge in [0.15, 0.2) is 0 Å². The van der Waals surface area contributed by atoms with Gasteiger partial charge in [0.05, 0.1) is 15.5 Å². The van der Waals surface area contributed by atoms with Crippen molar-refractivity contribution >= 4 is 44.0 Å². The Morgan fingerprint density at radius 3 is 2.50 bits per heavy atom. The smallest absolute Gasteiger partial charge is 0.348 e. The molecule has 8 heteroatoms. The Bertz CT molecular complexity index is 1270. The number of thiophene rings is 1. The van der Waals surface area contributed by atoms with Crippen molar-refractivity contribution in [2.75, 3.05) is 4.72 Å². The van der Waals surface area contributed by atoms with E-state index in [0.717, 1.165) is 16.7 Å². The number of sulfonamides is 1. The van der Waals surface area contributed by atoms with Crippen LogP contribution in [0.1, 0.15) is 15.2 Å². The molecule has 0 aliphatic rings. The molecule has 0 saturated heterocycles. The van der Waals surface area contributed by atoms with Gasteiger partial charge in [0, 0.05) is 5.39 Å². The van der Waals surface area contributed by atoms with E-state index >= 15 is 0 Å². The van der Waals surface area contributed by atoms with Gasteiger partial charge < -0.3 is 9.52 Å². The van der Waals surface area contributed by atoms with Gasteiger partial charge in [-0.25, -0.2) is 13.2 Å². The number of nitrogens with one attached hydrogen (secondary N) is 1. The number of aryl methyl sites for hydroxylation is 1. The third kappa shape index (κ3) is 3.28. The summed E-state index contributed by atoms with van der Waals surface area (Å²) in [7, 11) is -3.93. The van der Waals surface area contributed by atoms with Gasteiger partial charge in [0.25, 0.3) is 10.0 Å². The van der Waals surface area contributed by atoms with Crippen LogP contribution < -0.4 is 4.72 Å². The average molecular weight is 413 g/mol. The normalized spacial score (nSPS) is 11.6. The number of fused-ring (bicyclic) bond motifs is 1. The van der Waals surface area contributed by atoms with E-state index in [4.69, 9.17) is 4.42 Å². The minimum absolute atomic E-state index is 0.0104. The maximum absolute atomic E-state index is 12.8. The lowest BCUT2D eigenvalue weighted by Crippen LogP contribution is -2.15. The number of anilines is 1. The second-order valence-corrected chi connectivity index (χ2v) is 8.88. The molecule has 28 heavy (non-hydrogen) atoms. The number of rotatable bonds is 5. The highest BCUT2D eigenvalue weighted by atomic mass is 32.2. The molecule has 0 atom stereocenters. The van der Waals surface area contributed by atoms with Gasteiger partial charge in [0.2, 0.25) is 0 Å². The Balaban J connectivity index is 1.77. The molecule has 0 spiro atoms. The van der Waals surface area contributed by atoms with Crippen molar-refractivity contribution in [3.63, 3.8) is 0 Å². The van der Waals surface area contributed by atoms with E-state index in [1.54, 1.807) is 31.2 Å². The van der Waals surface area contributed by atoms with Crippen LogP contribution in [0, 0.1) is 6.92 Å². The molecule has 4 rings (SSSR count). The molecule has 2 N–H and O–H groups in total. The van der Waals surface area contributed by atoms with E-state index in [1.165, 1.54) is 12.1 Å². The number of carboxylic acid groups (broad SMARTS) is 1. The van der Waals surface area contributed by atoms with Gasteiger partial charge in [-0.1, -0.05) is 36.4 Å². The minimum atomic E-state index is -3.93. The summed E-state index contributed by atoms with van der Waals surface area (Å²) in [6.07, 6.45) is 0. The third-order valence-electron chi connectivity index (χ3n) is 4.22. The van der Waals surface area contributed by atoms with E-state index in [1.807, 2.05) is 24.3 Å². The zero-order chi connectivity index (χ0) is 19.9. The minimum Gasteiger partial charge on any atom is -0.477 e. The Hall–Kier alpha value is -3.10. The molecule has 6 nitrogen and oxygen atoms in total. The average Bonchev–Trinajstić information content (AvgIpc) is 3.25. The number of aromatic carboxylic acids is 1. The Kier molecular flexibility index (Phi) is 4.44. The van der Waals surface area contributed by atoms with Crippen LogP contribution in [0.4, 0.5) is 5.69 Å². The largest absolute Gasteiger partial charge is 0.477 e. The van der Waals surface area contributed by atoms with E-state index in [9.17, 15) is 18.3 Å². The SMILES string of the molecule is Cc1ccccc1S(=O)(=O)Nc1cc(-c2cc3ccccc3o2)sc1C(=O)O. The molecule has 0 aliphatic carbocycles. The highest BCUT2D eigenvalue weighted by Gasteiger charge is 2.24. The van der Waals surface area contributed by atoms with Crippen LogP contribution in [-0.4, -0.2) is 19.5 Å². The molecule has 0 unspecified atom stereocenters. The first kappa shape index (κ1) is 18.3. The van der Waals surface area contributed by atoms with Crippen LogP contribution in [-0.2, 0) is 10.0 Å². The molecule has 0 radical (unpaired) electrons. The number of carbonyl (C=O) groups is 1. The number of para-hydroxylation sites is 1. The van der Waals surface area contributed by atoms with Crippen molar-refractivity contribution < 1.29 is 22.7 Å². The van der Waals surface area contributed by atoms with Crippen LogP contribution in [0.3, 0.4) is 0 Å². The quantitative estimate of drug-likeness (QED) is 0.482. The first-order chi connectivity index (χ1) is 13.3. The molecule has 0 aliphatic heterocycles. The summed E-state index contributed by atoms with van der Waals surface area (Å²) in [6, 6.07) is 17.2. The Morgan fingerprint density at radius 2 is 1.79 bits per heavy atom. The van der Waals surface area contributed by atoms with Gasteiger partial charge in [-0.05, 0) is 36.8 Å². The summed E-state index contributed by atoms with van der Waals surface area (Å²) in [5.41, 5.74) is 1.25. The van der Waals surface area contributed by atoms with Gasteiger partial charge in [-0.15, -0.1) is 11.3 Å². The van der Waals surface area contributed by atoms with E-state index in [2.05, 4.69) is 4.72 Å². The van der Waals surface area contributed by atoms with Crippen molar-refractivity contribution in [3.05, 3.63) is 71.1 Å². The zero-order valence-electron chi connectivity index (χ0n) is 14.7. The van der Waals surface area contributed by atoms with Crippen LogP contribution in [0.5, 0.6) is 0 Å². The predicted octanol–water partition coefficient (Wildman–Crippen LogP) is 4.97. The summed E-state index contributed by atoms with van der Waals surface area (Å²) >= 11 is 0.956. The van der Waals surface area contributed by atoms with E-state index in [0.29, 0.717) is 21.8 Å². The summed E-state index contributed by atoms with van der Waals surface area (Å²) in [4.78, 5) is 12.2. The molecule has 2 heterocycles. The lowest BCUT2D eigenvalue weighted by Gasteiger charge is -2.09. The number of carboxylic acids is 1. The highest BCUT2D eigenvalue weighted by Crippen LogP contribution is 2.38. The highest BCUT2D eigenvalue weighted by molar-refractivity contribution is 7.92. The van der Waals surface area contributed by atoms with Crippen LogP contribution in [0.15, 0.2) is 70.0 Å². The number of hydrogen-bond acceptors (Lipinski definition) is 5. The predicted molar refractivity (Wildman–Crippen MR) is 108 cm³/mol. The van der Waals surface area contributed by atoms with E-state index in [-0.39, 0.29) is 15.5 Å². The van der Waals surface area contributed by atoms with Crippen LogP contribution in [0.2, 0.25) is 0 Å². The molecule has 0 fully saturated rings. The summed E-state index contributed by atoms with van der Waals surface area (Å²) < 4.78 is 33.7. The first-order valence-corrected chi connectivity index (χ1v) is 10.6. The van der Waals surface area contributed by atoms with E-state index < -0.39 is 16.0 Å². The monoisotopic (exact) mass is 413 g/mol. The zero-order valence-corrected chi connectivity index (χ0v) is 16.3. The molecule has 2 aromatic heterocycles. The van der Waals surface area contributed by atoms with Crippen molar-refractivity contribution in [1.29, 1.82) is 0 Å².